The summed E-state index contributed by atoms with van der Waals surface area (Å²) in [6.07, 6.45) is 7.96. The largest absolute Gasteiger partial charge is 0.376 e. The molecule has 5 nitrogen and oxygen atoms in total. The number of benzene rings is 2. The molecule has 0 bridgehead atoms. The van der Waals surface area contributed by atoms with E-state index in [1.165, 1.54) is 19.1 Å². The maximum atomic E-state index is 13.1. The maximum Gasteiger partial charge on any atom is 0.221 e. The van der Waals surface area contributed by atoms with Gasteiger partial charge in [0.25, 0.3) is 0 Å². The van der Waals surface area contributed by atoms with E-state index in [0.717, 1.165) is 42.6 Å². The third-order valence-corrected chi connectivity index (χ3v) is 4.66. The van der Waals surface area contributed by atoms with Crippen LogP contribution < -0.4 is 5.32 Å². The van der Waals surface area contributed by atoms with Crippen molar-refractivity contribution in [2.45, 2.75) is 38.8 Å². The molecule has 0 saturated carbocycles. The van der Waals surface area contributed by atoms with Crippen molar-refractivity contribution in [2.24, 2.45) is 0 Å². The molecule has 29 heavy (non-hydrogen) atoms. The molecule has 3 aromatic rings. The highest BCUT2D eigenvalue weighted by Crippen LogP contribution is 2.13. The molecule has 1 heterocycles. The van der Waals surface area contributed by atoms with Crippen molar-refractivity contribution in [3.05, 3.63) is 84.2 Å². The van der Waals surface area contributed by atoms with Crippen LogP contribution in [-0.2, 0) is 28.9 Å². The lowest BCUT2D eigenvalue weighted by Gasteiger charge is -2.19. The summed E-state index contributed by atoms with van der Waals surface area (Å²) in [5.74, 6) is -0.297. The number of aromatic nitrogens is 2. The number of hydrogen-bond donors (Lipinski definition) is 1. The second kappa shape index (κ2) is 10.5. The van der Waals surface area contributed by atoms with E-state index < -0.39 is 0 Å². The molecule has 1 amide bonds. The molecule has 0 aliphatic carbocycles. The Bertz CT molecular complexity index is 878. The van der Waals surface area contributed by atoms with Gasteiger partial charge >= 0.3 is 0 Å². The van der Waals surface area contributed by atoms with Crippen LogP contribution in [0.5, 0.6) is 0 Å². The second-order valence-electron chi connectivity index (χ2n) is 7.05. The lowest BCUT2D eigenvalue weighted by molar-refractivity contribution is -0.114. The van der Waals surface area contributed by atoms with Gasteiger partial charge in [0.2, 0.25) is 5.91 Å². The molecule has 0 aliphatic rings. The minimum absolute atomic E-state index is 0.0351. The SMILES string of the molecule is CC(=O)Nc1ccc(CCOC(CCc2ccc(F)cc2)Cn2ccnc2)cc1. The average molecular weight is 395 g/mol. The summed E-state index contributed by atoms with van der Waals surface area (Å²) in [6.45, 7) is 2.82. The van der Waals surface area contributed by atoms with Gasteiger partial charge in [-0.3, -0.25) is 4.79 Å². The van der Waals surface area contributed by atoms with Crippen molar-refractivity contribution in [3.63, 3.8) is 0 Å². The number of hydrogen-bond acceptors (Lipinski definition) is 3. The molecule has 0 fully saturated rings. The number of aryl methyl sites for hydroxylation is 1. The number of nitrogens with one attached hydrogen (secondary N) is 1. The van der Waals surface area contributed by atoms with Gasteiger partial charge in [0, 0.05) is 31.5 Å². The first-order chi connectivity index (χ1) is 14.1. The molecule has 1 aromatic heterocycles. The zero-order chi connectivity index (χ0) is 20.5. The maximum absolute atomic E-state index is 13.1. The molecule has 0 radical (unpaired) electrons. The van der Waals surface area contributed by atoms with Crippen LogP contribution in [0.1, 0.15) is 24.5 Å². The van der Waals surface area contributed by atoms with Crippen molar-refractivity contribution in [3.8, 4) is 0 Å². The predicted octanol–water partition coefficient (Wildman–Crippen LogP) is 4.24. The molecular weight excluding hydrogens is 369 g/mol. The molecule has 1 unspecified atom stereocenters. The summed E-state index contributed by atoms with van der Waals surface area (Å²) >= 11 is 0. The standard InChI is InChI=1S/C23H26FN3O2/c1-18(28)26-22-9-4-20(5-10-22)12-15-29-23(16-27-14-13-25-17-27)11-6-19-2-7-21(24)8-3-19/h2-5,7-10,13-14,17,23H,6,11-12,15-16H2,1H3,(H,26,28). The molecule has 3 rings (SSSR count). The van der Waals surface area contributed by atoms with Gasteiger partial charge in [-0.2, -0.15) is 0 Å². The van der Waals surface area contributed by atoms with E-state index in [0.29, 0.717) is 6.61 Å². The van der Waals surface area contributed by atoms with Gasteiger partial charge in [-0.1, -0.05) is 24.3 Å². The fourth-order valence-corrected chi connectivity index (χ4v) is 3.14. The zero-order valence-corrected chi connectivity index (χ0v) is 16.6. The zero-order valence-electron chi connectivity index (χ0n) is 16.6. The summed E-state index contributed by atoms with van der Waals surface area (Å²) in [6, 6.07) is 14.4. The van der Waals surface area contributed by atoms with Crippen LogP contribution in [0.15, 0.2) is 67.3 Å². The number of carbonyl (C=O) groups excluding carboxylic acids is 1. The first kappa shape index (κ1) is 20.7. The number of anilines is 1. The number of amides is 1. The van der Waals surface area contributed by atoms with Crippen molar-refractivity contribution >= 4 is 11.6 Å². The monoisotopic (exact) mass is 395 g/mol. The quantitative estimate of drug-likeness (QED) is 0.559. The fraction of sp³-hybridized carbons (Fsp3) is 0.304. The minimum atomic E-state index is -0.218. The molecule has 6 heteroatoms. The van der Waals surface area contributed by atoms with Gasteiger partial charge in [-0.25, -0.2) is 9.37 Å². The number of carbonyl (C=O) groups is 1. The highest BCUT2D eigenvalue weighted by atomic mass is 19.1. The Kier molecular flexibility index (Phi) is 7.53. The van der Waals surface area contributed by atoms with Crippen LogP contribution >= 0.6 is 0 Å². The Hall–Kier alpha value is -2.99. The van der Waals surface area contributed by atoms with Gasteiger partial charge < -0.3 is 14.6 Å². The van der Waals surface area contributed by atoms with E-state index in [2.05, 4.69) is 10.3 Å². The van der Waals surface area contributed by atoms with Crippen LogP contribution in [0.4, 0.5) is 10.1 Å². The van der Waals surface area contributed by atoms with Crippen LogP contribution in [0.3, 0.4) is 0 Å². The van der Waals surface area contributed by atoms with E-state index in [1.807, 2.05) is 47.2 Å². The Labute approximate surface area is 170 Å². The Morgan fingerprint density at radius 1 is 1.10 bits per heavy atom. The summed E-state index contributed by atoms with van der Waals surface area (Å²) in [5, 5.41) is 2.76. The average Bonchev–Trinajstić information content (AvgIpc) is 3.21. The highest BCUT2D eigenvalue weighted by molar-refractivity contribution is 5.88. The van der Waals surface area contributed by atoms with Crippen LogP contribution in [0.25, 0.3) is 0 Å². The molecular formula is C23H26FN3O2. The number of ether oxygens (including phenoxy) is 1. The molecule has 0 saturated heterocycles. The van der Waals surface area contributed by atoms with E-state index >= 15 is 0 Å². The first-order valence-corrected chi connectivity index (χ1v) is 9.77. The van der Waals surface area contributed by atoms with Crippen LogP contribution in [-0.4, -0.2) is 28.2 Å². The molecule has 1 N–H and O–H groups in total. The van der Waals surface area contributed by atoms with E-state index in [9.17, 15) is 9.18 Å². The Morgan fingerprint density at radius 2 is 1.79 bits per heavy atom. The van der Waals surface area contributed by atoms with Crippen molar-refractivity contribution in [1.82, 2.24) is 9.55 Å². The number of nitrogens with zero attached hydrogens (tertiary/aromatic N) is 2. The first-order valence-electron chi connectivity index (χ1n) is 9.77. The van der Waals surface area contributed by atoms with E-state index in [1.54, 1.807) is 12.5 Å². The lowest BCUT2D eigenvalue weighted by atomic mass is 10.1. The summed E-state index contributed by atoms with van der Waals surface area (Å²) in [4.78, 5) is 15.2. The van der Waals surface area contributed by atoms with Gasteiger partial charge in [-0.15, -0.1) is 0 Å². The van der Waals surface area contributed by atoms with Crippen LogP contribution in [0, 0.1) is 5.82 Å². The fourth-order valence-electron chi connectivity index (χ4n) is 3.14. The molecule has 2 aromatic carbocycles. The minimum Gasteiger partial charge on any atom is -0.376 e. The Morgan fingerprint density at radius 3 is 2.45 bits per heavy atom. The van der Waals surface area contributed by atoms with Crippen LogP contribution in [0.2, 0.25) is 0 Å². The number of halogens is 1. The molecule has 0 spiro atoms. The summed E-state index contributed by atoms with van der Waals surface area (Å²) < 4.78 is 21.3. The smallest absolute Gasteiger partial charge is 0.221 e. The molecule has 0 aliphatic heterocycles. The van der Waals surface area contributed by atoms with Gasteiger partial charge in [0.1, 0.15) is 5.82 Å². The highest BCUT2D eigenvalue weighted by Gasteiger charge is 2.11. The second-order valence-corrected chi connectivity index (χ2v) is 7.05. The molecule has 152 valence electrons. The lowest BCUT2D eigenvalue weighted by Crippen LogP contribution is -2.22. The van der Waals surface area contributed by atoms with Crippen molar-refractivity contribution < 1.29 is 13.9 Å². The van der Waals surface area contributed by atoms with E-state index in [-0.39, 0.29) is 17.8 Å². The molecule has 1 atom stereocenters. The van der Waals surface area contributed by atoms with Gasteiger partial charge in [0.05, 0.1) is 19.0 Å². The Balaban J connectivity index is 1.52. The number of imidazole rings is 1. The third kappa shape index (κ3) is 7.16. The van der Waals surface area contributed by atoms with Crippen molar-refractivity contribution in [1.29, 1.82) is 0 Å². The van der Waals surface area contributed by atoms with Gasteiger partial charge in [0.15, 0.2) is 0 Å². The predicted molar refractivity (Wildman–Crippen MR) is 111 cm³/mol. The topological polar surface area (TPSA) is 56.1 Å². The van der Waals surface area contributed by atoms with Crippen molar-refractivity contribution in [2.75, 3.05) is 11.9 Å². The summed E-state index contributed by atoms with van der Waals surface area (Å²) in [5.41, 5.74) is 3.04. The summed E-state index contributed by atoms with van der Waals surface area (Å²) in [7, 11) is 0. The van der Waals surface area contributed by atoms with Gasteiger partial charge in [-0.05, 0) is 54.7 Å². The third-order valence-electron chi connectivity index (χ3n) is 4.66. The number of rotatable bonds is 10. The van der Waals surface area contributed by atoms with E-state index in [4.69, 9.17) is 4.74 Å². The normalized spacial score (nSPS) is 11.9.